The van der Waals surface area contributed by atoms with Gasteiger partial charge in [-0.2, -0.15) is 0 Å². The van der Waals surface area contributed by atoms with Crippen molar-refractivity contribution in [2.75, 3.05) is 0 Å². The van der Waals surface area contributed by atoms with Crippen molar-refractivity contribution in [1.82, 2.24) is 0 Å². The Balaban J connectivity index is 3.62. The van der Waals surface area contributed by atoms with Gasteiger partial charge in [0.15, 0.2) is 46.3 Å². The second-order valence-corrected chi connectivity index (χ2v) is 10.7. The molecule has 0 aromatic heterocycles. The lowest BCUT2D eigenvalue weighted by Crippen LogP contribution is -2.35. The van der Waals surface area contributed by atoms with Crippen LogP contribution in [0.4, 0.5) is 0 Å². The summed E-state index contributed by atoms with van der Waals surface area (Å²) < 4.78 is 0. The standard InChI is InChI=1S/C28H32O8/c1-25(2)17(29)9-11-19(31)26(3,4)21(33)13-15-23(35)28(7,8)24(36)16-14-22(34)27(5,6)20(32)12-10-18(25)30/h9-16H,1-8H3/b11-9-,12-10-,15-13-,16-14-. The number of hydrogen-bond acceptors (Lipinski definition) is 8. The Morgan fingerprint density at radius 3 is 0.444 bits per heavy atom. The number of ketones is 8. The quantitative estimate of drug-likeness (QED) is 0.467. The van der Waals surface area contributed by atoms with Gasteiger partial charge in [-0.15, -0.1) is 0 Å². The van der Waals surface area contributed by atoms with E-state index >= 15 is 0 Å². The molecule has 0 fully saturated rings. The highest BCUT2D eigenvalue weighted by atomic mass is 16.2. The van der Waals surface area contributed by atoms with E-state index in [9.17, 15) is 38.4 Å². The molecule has 0 bridgehead atoms. The molecular weight excluding hydrogens is 464 g/mol. The van der Waals surface area contributed by atoms with E-state index < -0.39 is 67.9 Å². The Hall–Kier alpha value is -3.68. The number of carbonyl (C=O) groups is 8. The minimum atomic E-state index is -1.64. The first-order chi connectivity index (χ1) is 16.2. The average Bonchev–Trinajstić information content (AvgIpc) is 2.80. The fraction of sp³-hybridized carbons (Fsp3) is 0.429. The molecule has 0 saturated heterocycles. The summed E-state index contributed by atoms with van der Waals surface area (Å²) in [6, 6.07) is 0. The van der Waals surface area contributed by atoms with Gasteiger partial charge in [-0.1, -0.05) is 0 Å². The highest BCUT2D eigenvalue weighted by molar-refractivity contribution is 6.23. The first-order valence-corrected chi connectivity index (χ1v) is 11.3. The Morgan fingerprint density at radius 1 is 0.278 bits per heavy atom. The lowest BCUT2D eigenvalue weighted by atomic mass is 9.78. The van der Waals surface area contributed by atoms with Gasteiger partial charge in [-0.3, -0.25) is 38.4 Å². The van der Waals surface area contributed by atoms with Crippen molar-refractivity contribution in [3.8, 4) is 0 Å². The van der Waals surface area contributed by atoms with E-state index in [1.54, 1.807) is 0 Å². The fourth-order valence-electron chi connectivity index (χ4n) is 2.76. The van der Waals surface area contributed by atoms with Gasteiger partial charge in [0.05, 0.1) is 21.7 Å². The molecule has 0 aromatic rings. The Morgan fingerprint density at radius 2 is 0.361 bits per heavy atom. The van der Waals surface area contributed by atoms with Crippen molar-refractivity contribution in [1.29, 1.82) is 0 Å². The van der Waals surface area contributed by atoms with Crippen LogP contribution in [0.15, 0.2) is 48.6 Å². The zero-order valence-electron chi connectivity index (χ0n) is 21.9. The summed E-state index contributed by atoms with van der Waals surface area (Å²) >= 11 is 0. The van der Waals surface area contributed by atoms with E-state index in [0.717, 1.165) is 48.6 Å². The van der Waals surface area contributed by atoms with Crippen molar-refractivity contribution in [2.45, 2.75) is 55.4 Å². The van der Waals surface area contributed by atoms with Gasteiger partial charge in [0.2, 0.25) is 0 Å². The van der Waals surface area contributed by atoms with Crippen LogP contribution in [0.25, 0.3) is 0 Å². The maximum Gasteiger partial charge on any atom is 0.169 e. The van der Waals surface area contributed by atoms with E-state index in [1.807, 2.05) is 0 Å². The number of allylic oxidation sites excluding steroid dienone is 8. The van der Waals surface area contributed by atoms with E-state index in [-0.39, 0.29) is 0 Å². The fourth-order valence-corrected chi connectivity index (χ4v) is 2.76. The van der Waals surface area contributed by atoms with Crippen molar-refractivity contribution >= 4 is 46.3 Å². The highest BCUT2D eigenvalue weighted by Gasteiger charge is 2.38. The molecule has 0 amide bonds. The summed E-state index contributed by atoms with van der Waals surface area (Å²) in [7, 11) is 0. The Bertz CT molecular complexity index is 900. The third kappa shape index (κ3) is 6.30. The predicted octanol–water partition coefficient (Wildman–Crippen LogP) is 2.88. The van der Waals surface area contributed by atoms with Crippen LogP contribution in [0, 0.1) is 21.7 Å². The Labute approximate surface area is 210 Å². The number of rotatable bonds is 0. The molecule has 0 aromatic carbocycles. The second kappa shape index (κ2) is 10.5. The molecule has 192 valence electrons. The van der Waals surface area contributed by atoms with Crippen LogP contribution in [-0.2, 0) is 38.4 Å². The van der Waals surface area contributed by atoms with Crippen LogP contribution in [0.2, 0.25) is 0 Å². The van der Waals surface area contributed by atoms with E-state index in [0.29, 0.717) is 0 Å². The molecule has 0 aliphatic heterocycles. The SMILES string of the molecule is CC1(C)C(=O)/C=C\C(=O)C(C)(C)C(=O)/C=C\C(=O)C(C)(C)C(=O)/C=C\C(=O)C(C)(C)C(=O)/C=C\C1=O. The van der Waals surface area contributed by atoms with Gasteiger partial charge in [-0.25, -0.2) is 0 Å². The maximum atomic E-state index is 12.6. The molecule has 1 aliphatic rings. The molecule has 0 spiro atoms. The van der Waals surface area contributed by atoms with Gasteiger partial charge in [0.1, 0.15) is 0 Å². The molecule has 0 radical (unpaired) electrons. The molecular formula is C28H32O8. The smallest absolute Gasteiger partial charge is 0.169 e. The van der Waals surface area contributed by atoms with Crippen molar-refractivity contribution in [3.05, 3.63) is 48.6 Å². The van der Waals surface area contributed by atoms with Gasteiger partial charge in [0, 0.05) is 0 Å². The zero-order chi connectivity index (χ0) is 28.3. The molecule has 0 N–H and O–H groups in total. The first-order valence-electron chi connectivity index (χ1n) is 11.3. The summed E-state index contributed by atoms with van der Waals surface area (Å²) in [4.78, 5) is 101. The third-order valence-corrected chi connectivity index (χ3v) is 6.47. The summed E-state index contributed by atoms with van der Waals surface area (Å²) in [5.74, 6) is -5.89. The van der Waals surface area contributed by atoms with E-state index in [2.05, 4.69) is 0 Å². The van der Waals surface area contributed by atoms with Gasteiger partial charge >= 0.3 is 0 Å². The van der Waals surface area contributed by atoms with E-state index in [1.165, 1.54) is 55.4 Å². The first kappa shape index (κ1) is 30.4. The molecule has 0 atom stereocenters. The summed E-state index contributed by atoms with van der Waals surface area (Å²) in [5.41, 5.74) is -6.55. The summed E-state index contributed by atoms with van der Waals surface area (Å²) in [6.45, 7) is 10.5. The normalized spacial score (nSPS) is 26.9. The van der Waals surface area contributed by atoms with Crippen LogP contribution in [0.1, 0.15) is 55.4 Å². The molecule has 1 rings (SSSR count). The van der Waals surface area contributed by atoms with Crippen LogP contribution in [0.3, 0.4) is 0 Å². The van der Waals surface area contributed by atoms with Crippen LogP contribution < -0.4 is 0 Å². The van der Waals surface area contributed by atoms with Gasteiger partial charge in [-0.05, 0) is 104 Å². The summed E-state index contributed by atoms with van der Waals surface area (Å²) in [5, 5.41) is 0. The van der Waals surface area contributed by atoms with Crippen LogP contribution >= 0.6 is 0 Å². The van der Waals surface area contributed by atoms with Crippen LogP contribution in [-0.4, -0.2) is 46.3 Å². The molecule has 36 heavy (non-hydrogen) atoms. The summed E-state index contributed by atoms with van der Waals surface area (Å²) in [6.07, 6.45) is 7.10. The molecule has 0 saturated carbocycles. The minimum absolute atomic E-state index is 0.736. The van der Waals surface area contributed by atoms with Crippen molar-refractivity contribution in [2.24, 2.45) is 21.7 Å². The second-order valence-electron chi connectivity index (χ2n) is 10.7. The lowest BCUT2D eigenvalue weighted by Gasteiger charge is -2.21. The molecule has 0 heterocycles. The van der Waals surface area contributed by atoms with Crippen molar-refractivity contribution < 1.29 is 38.4 Å². The highest BCUT2D eigenvalue weighted by Crippen LogP contribution is 2.26. The third-order valence-electron chi connectivity index (χ3n) is 6.47. The predicted molar refractivity (Wildman–Crippen MR) is 132 cm³/mol. The largest absolute Gasteiger partial charge is 0.294 e. The molecule has 1 aliphatic carbocycles. The lowest BCUT2D eigenvalue weighted by molar-refractivity contribution is -0.136. The van der Waals surface area contributed by atoms with E-state index in [4.69, 9.17) is 0 Å². The zero-order valence-corrected chi connectivity index (χ0v) is 21.9. The monoisotopic (exact) mass is 496 g/mol. The number of carbonyl (C=O) groups excluding carboxylic acids is 8. The van der Waals surface area contributed by atoms with Gasteiger partial charge in [0.25, 0.3) is 0 Å². The Kier molecular flexibility index (Phi) is 8.87. The number of hydrogen-bond donors (Lipinski definition) is 0. The molecule has 8 nitrogen and oxygen atoms in total. The maximum absolute atomic E-state index is 12.6. The molecule has 0 unspecified atom stereocenters. The average molecular weight is 497 g/mol. The van der Waals surface area contributed by atoms with Crippen molar-refractivity contribution in [3.63, 3.8) is 0 Å². The van der Waals surface area contributed by atoms with Gasteiger partial charge < -0.3 is 0 Å². The topological polar surface area (TPSA) is 137 Å². The minimum Gasteiger partial charge on any atom is -0.294 e. The molecule has 8 heteroatoms. The van der Waals surface area contributed by atoms with Crippen LogP contribution in [0.5, 0.6) is 0 Å².